The monoisotopic (exact) mass is 248 g/mol. The zero-order valence-electron chi connectivity index (χ0n) is 11.9. The lowest BCUT2D eigenvalue weighted by Crippen LogP contribution is -1.93. The van der Waals surface area contributed by atoms with Crippen LogP contribution in [0.2, 0.25) is 0 Å². The first-order valence-electron chi connectivity index (χ1n) is 6.93. The van der Waals surface area contributed by atoms with Crippen LogP contribution in [0.3, 0.4) is 0 Å². The topological polar surface area (TPSA) is 0 Å². The molecule has 1 aromatic carbocycles. The van der Waals surface area contributed by atoms with E-state index in [1.54, 1.807) is 6.07 Å². The van der Waals surface area contributed by atoms with Gasteiger partial charge in [0.1, 0.15) is 5.82 Å². The molecule has 100 valence electrons. The molecule has 0 N–H and O–H groups in total. The minimum absolute atomic E-state index is 0.105. The Kier molecular flexibility index (Phi) is 6.11. The van der Waals surface area contributed by atoms with Crippen molar-refractivity contribution >= 4 is 0 Å². The van der Waals surface area contributed by atoms with Gasteiger partial charge in [-0.05, 0) is 55.7 Å². The lowest BCUT2D eigenvalue weighted by molar-refractivity contribution is 0.614. The Morgan fingerprint density at radius 2 is 1.94 bits per heavy atom. The van der Waals surface area contributed by atoms with Gasteiger partial charge in [0.2, 0.25) is 0 Å². The van der Waals surface area contributed by atoms with Crippen LogP contribution in [-0.4, -0.2) is 0 Å². The molecule has 0 amide bonds. The van der Waals surface area contributed by atoms with E-state index in [-0.39, 0.29) is 5.82 Å². The molecule has 0 nitrogen and oxygen atoms in total. The highest BCUT2D eigenvalue weighted by molar-refractivity contribution is 5.23. The predicted molar refractivity (Wildman–Crippen MR) is 77.3 cm³/mol. The van der Waals surface area contributed by atoms with Gasteiger partial charge < -0.3 is 0 Å². The van der Waals surface area contributed by atoms with E-state index in [0.29, 0.717) is 5.92 Å². The van der Waals surface area contributed by atoms with Gasteiger partial charge >= 0.3 is 0 Å². The van der Waals surface area contributed by atoms with E-state index in [0.717, 1.165) is 18.4 Å². The molecular weight excluding hydrogens is 223 g/mol. The Bertz CT molecular complexity index is 391. The molecule has 0 aliphatic heterocycles. The van der Waals surface area contributed by atoms with Gasteiger partial charge in [0.25, 0.3) is 0 Å². The Balaban J connectivity index is 2.22. The molecule has 18 heavy (non-hydrogen) atoms. The average molecular weight is 248 g/mol. The van der Waals surface area contributed by atoms with E-state index in [4.69, 9.17) is 0 Å². The van der Waals surface area contributed by atoms with Crippen molar-refractivity contribution in [3.63, 3.8) is 0 Å². The number of aryl methyl sites for hydroxylation is 2. The number of hydrogen-bond donors (Lipinski definition) is 0. The first kappa shape index (κ1) is 14.9. The third-order valence-corrected chi connectivity index (χ3v) is 3.50. The lowest BCUT2D eigenvalue weighted by Gasteiger charge is -2.09. The molecule has 0 unspecified atom stereocenters. The van der Waals surface area contributed by atoms with Gasteiger partial charge in [0, 0.05) is 0 Å². The lowest BCUT2D eigenvalue weighted by atomic mass is 9.98. The van der Waals surface area contributed by atoms with E-state index < -0.39 is 0 Å². The SMILES string of the molecule is C=C(CCCCCc1ccc(F)c(C)c1)C(C)C. The predicted octanol–water partition coefficient (Wildman–Crippen LogP) is 5.45. The highest BCUT2D eigenvalue weighted by Crippen LogP contribution is 2.17. The quantitative estimate of drug-likeness (QED) is 0.444. The summed E-state index contributed by atoms with van der Waals surface area (Å²) >= 11 is 0. The first-order chi connectivity index (χ1) is 8.50. The fourth-order valence-electron chi connectivity index (χ4n) is 2.01. The van der Waals surface area contributed by atoms with Crippen molar-refractivity contribution in [3.05, 3.63) is 47.3 Å². The molecule has 1 heteroatoms. The Labute approximate surface area is 111 Å². The maximum absolute atomic E-state index is 13.1. The number of allylic oxidation sites excluding steroid dienone is 1. The average Bonchev–Trinajstić information content (AvgIpc) is 2.32. The van der Waals surface area contributed by atoms with Crippen molar-refractivity contribution in [2.75, 3.05) is 0 Å². The van der Waals surface area contributed by atoms with Crippen LogP contribution in [0.5, 0.6) is 0 Å². The van der Waals surface area contributed by atoms with Crippen molar-refractivity contribution in [1.29, 1.82) is 0 Å². The Hall–Kier alpha value is -1.11. The van der Waals surface area contributed by atoms with Gasteiger partial charge in [0.05, 0.1) is 0 Å². The molecule has 0 aliphatic carbocycles. The number of unbranched alkanes of at least 4 members (excludes halogenated alkanes) is 2. The summed E-state index contributed by atoms with van der Waals surface area (Å²) in [6, 6.07) is 5.43. The highest BCUT2D eigenvalue weighted by Gasteiger charge is 2.01. The van der Waals surface area contributed by atoms with Crippen molar-refractivity contribution in [3.8, 4) is 0 Å². The van der Waals surface area contributed by atoms with Crippen LogP contribution in [0.15, 0.2) is 30.4 Å². The molecule has 1 aromatic rings. The summed E-state index contributed by atoms with van der Waals surface area (Å²) in [7, 11) is 0. The molecule has 1 rings (SSSR count). The molecule has 0 atom stereocenters. The summed E-state index contributed by atoms with van der Waals surface area (Å²) in [6.07, 6.45) is 5.81. The van der Waals surface area contributed by atoms with Gasteiger partial charge in [-0.15, -0.1) is 0 Å². The molecule has 0 aromatic heterocycles. The number of hydrogen-bond acceptors (Lipinski definition) is 0. The smallest absolute Gasteiger partial charge is 0.126 e. The molecule has 0 spiro atoms. The number of benzene rings is 1. The molecule has 0 fully saturated rings. The molecule has 0 aliphatic rings. The number of halogens is 1. The molecular formula is C17H25F. The van der Waals surface area contributed by atoms with Crippen molar-refractivity contribution in [2.45, 2.75) is 52.9 Å². The van der Waals surface area contributed by atoms with E-state index in [9.17, 15) is 4.39 Å². The van der Waals surface area contributed by atoms with Crippen molar-refractivity contribution in [2.24, 2.45) is 5.92 Å². The maximum atomic E-state index is 13.1. The van der Waals surface area contributed by atoms with E-state index >= 15 is 0 Å². The van der Waals surface area contributed by atoms with Gasteiger partial charge in [0.15, 0.2) is 0 Å². The van der Waals surface area contributed by atoms with Gasteiger partial charge in [-0.25, -0.2) is 4.39 Å². The second-order valence-electron chi connectivity index (χ2n) is 5.46. The summed E-state index contributed by atoms with van der Waals surface area (Å²) in [6.45, 7) is 10.3. The number of rotatable bonds is 7. The van der Waals surface area contributed by atoms with Gasteiger partial charge in [-0.3, -0.25) is 0 Å². The Morgan fingerprint density at radius 1 is 1.22 bits per heavy atom. The summed E-state index contributed by atoms with van der Waals surface area (Å²) in [5, 5.41) is 0. The zero-order valence-corrected chi connectivity index (χ0v) is 11.9. The largest absolute Gasteiger partial charge is 0.207 e. The van der Waals surface area contributed by atoms with Crippen LogP contribution < -0.4 is 0 Å². The van der Waals surface area contributed by atoms with E-state index in [2.05, 4.69) is 20.4 Å². The third-order valence-electron chi connectivity index (χ3n) is 3.50. The summed E-state index contributed by atoms with van der Waals surface area (Å²) < 4.78 is 13.1. The van der Waals surface area contributed by atoms with Crippen LogP contribution in [0.4, 0.5) is 4.39 Å². The summed E-state index contributed by atoms with van der Waals surface area (Å²) in [5.74, 6) is 0.497. The molecule has 0 heterocycles. The third kappa shape index (κ3) is 5.03. The van der Waals surface area contributed by atoms with Gasteiger partial charge in [-0.1, -0.05) is 44.6 Å². The van der Waals surface area contributed by atoms with Crippen LogP contribution in [0, 0.1) is 18.7 Å². The standard InChI is InChI=1S/C17H25F/c1-13(2)14(3)8-6-5-7-9-16-10-11-17(18)15(4)12-16/h10-13H,3,5-9H2,1-2,4H3. The molecule has 0 bridgehead atoms. The van der Waals surface area contributed by atoms with E-state index in [1.165, 1.54) is 30.4 Å². The fraction of sp³-hybridized carbons (Fsp3) is 0.529. The molecule has 0 radical (unpaired) electrons. The highest BCUT2D eigenvalue weighted by atomic mass is 19.1. The van der Waals surface area contributed by atoms with Crippen LogP contribution in [-0.2, 0) is 6.42 Å². The van der Waals surface area contributed by atoms with Crippen LogP contribution >= 0.6 is 0 Å². The minimum Gasteiger partial charge on any atom is -0.207 e. The van der Waals surface area contributed by atoms with Crippen molar-refractivity contribution in [1.82, 2.24) is 0 Å². The first-order valence-corrected chi connectivity index (χ1v) is 6.93. The summed E-state index contributed by atoms with van der Waals surface area (Å²) in [5.41, 5.74) is 3.35. The maximum Gasteiger partial charge on any atom is 0.126 e. The zero-order chi connectivity index (χ0) is 13.5. The van der Waals surface area contributed by atoms with E-state index in [1.807, 2.05) is 19.1 Å². The molecule has 0 saturated carbocycles. The summed E-state index contributed by atoms with van der Waals surface area (Å²) in [4.78, 5) is 0. The second-order valence-corrected chi connectivity index (χ2v) is 5.46. The Morgan fingerprint density at radius 3 is 2.56 bits per heavy atom. The van der Waals surface area contributed by atoms with Crippen LogP contribution in [0.1, 0.15) is 50.7 Å². The normalized spacial score (nSPS) is 10.9. The van der Waals surface area contributed by atoms with Gasteiger partial charge in [-0.2, -0.15) is 0 Å². The second kappa shape index (κ2) is 7.35. The fourth-order valence-corrected chi connectivity index (χ4v) is 2.01. The van der Waals surface area contributed by atoms with Crippen LogP contribution in [0.25, 0.3) is 0 Å². The van der Waals surface area contributed by atoms with Crippen molar-refractivity contribution < 1.29 is 4.39 Å². The minimum atomic E-state index is -0.105. The molecule has 0 saturated heterocycles.